The Morgan fingerprint density at radius 1 is 0.818 bits per heavy atom. The van der Waals surface area contributed by atoms with Crippen LogP contribution in [0.25, 0.3) is 0 Å². The number of carbonyl (C=O) groups is 1. The van der Waals surface area contributed by atoms with Crippen LogP contribution in [0.2, 0.25) is 0 Å². The molecule has 2 N–H and O–H groups in total. The van der Waals surface area contributed by atoms with Crippen LogP contribution >= 0.6 is 0 Å². The van der Waals surface area contributed by atoms with E-state index in [0.29, 0.717) is 23.7 Å². The summed E-state index contributed by atoms with van der Waals surface area (Å²) in [6.07, 6.45) is 10.5. The van der Waals surface area contributed by atoms with Crippen LogP contribution in [-0.4, -0.2) is 22.3 Å². The van der Waals surface area contributed by atoms with Gasteiger partial charge in [-0.3, -0.25) is 4.79 Å². The number of rotatable bonds is 2. The van der Waals surface area contributed by atoms with Crippen molar-refractivity contribution in [3.05, 3.63) is 12.2 Å². The van der Waals surface area contributed by atoms with Gasteiger partial charge in [-0.15, -0.1) is 0 Å². The zero-order valence-corrected chi connectivity index (χ0v) is 22.0. The number of aliphatic hydroxyl groups excluding tert-OH is 1. The van der Waals surface area contributed by atoms with Gasteiger partial charge in [-0.05, 0) is 122 Å². The van der Waals surface area contributed by atoms with Gasteiger partial charge in [0, 0.05) is 0 Å². The van der Waals surface area contributed by atoms with Crippen molar-refractivity contribution >= 4 is 5.97 Å². The molecule has 0 saturated heterocycles. The molecule has 0 bridgehead atoms. The van der Waals surface area contributed by atoms with Crippen LogP contribution in [0.5, 0.6) is 0 Å². The van der Waals surface area contributed by atoms with E-state index in [9.17, 15) is 15.0 Å². The van der Waals surface area contributed by atoms with Gasteiger partial charge in [0.25, 0.3) is 0 Å². The first kappa shape index (κ1) is 23.9. The van der Waals surface area contributed by atoms with Crippen molar-refractivity contribution in [2.75, 3.05) is 0 Å². The maximum Gasteiger partial charge on any atom is 0.309 e. The second-order valence-corrected chi connectivity index (χ2v) is 14.5. The van der Waals surface area contributed by atoms with Crippen molar-refractivity contribution < 1.29 is 15.0 Å². The van der Waals surface area contributed by atoms with Gasteiger partial charge in [0.15, 0.2) is 0 Å². The van der Waals surface area contributed by atoms with Gasteiger partial charge < -0.3 is 10.2 Å². The summed E-state index contributed by atoms with van der Waals surface area (Å²) < 4.78 is 0. The minimum atomic E-state index is -0.538. The Hall–Kier alpha value is -0.830. The number of fused-ring (bicyclic) bond motifs is 7. The normalized spacial score (nSPS) is 55.0. The lowest BCUT2D eigenvalue weighted by Gasteiger charge is -2.72. The van der Waals surface area contributed by atoms with Gasteiger partial charge >= 0.3 is 5.97 Å². The molecule has 0 aromatic carbocycles. The second kappa shape index (κ2) is 7.11. The highest BCUT2D eigenvalue weighted by Gasteiger charge is 2.71. The van der Waals surface area contributed by atoms with Crippen LogP contribution in [0.3, 0.4) is 0 Å². The molecule has 0 aromatic heterocycles. The van der Waals surface area contributed by atoms with E-state index in [4.69, 9.17) is 0 Å². The fourth-order valence-electron chi connectivity index (χ4n) is 11.5. The molecule has 0 radical (unpaired) electrons. The molecular formula is C30H48O3. The Morgan fingerprint density at radius 3 is 2.15 bits per heavy atom. The minimum absolute atomic E-state index is 0.0202. The van der Waals surface area contributed by atoms with Gasteiger partial charge in [0.1, 0.15) is 0 Å². The van der Waals surface area contributed by atoms with Crippen molar-refractivity contribution in [3.8, 4) is 0 Å². The zero-order valence-electron chi connectivity index (χ0n) is 22.0. The lowest BCUT2D eigenvalue weighted by Crippen LogP contribution is -2.67. The Morgan fingerprint density at radius 2 is 1.52 bits per heavy atom. The molecule has 3 heteroatoms. The average Bonchev–Trinajstić information content (AvgIpc) is 3.13. The molecular weight excluding hydrogens is 408 g/mol. The third-order valence-electron chi connectivity index (χ3n) is 13.5. The number of hydrogen-bond donors (Lipinski definition) is 2. The number of carboxylic acid groups (broad SMARTS) is 1. The molecule has 5 aliphatic rings. The predicted molar refractivity (Wildman–Crippen MR) is 133 cm³/mol. The van der Waals surface area contributed by atoms with Crippen LogP contribution in [0.4, 0.5) is 0 Å². The highest BCUT2D eigenvalue weighted by Crippen LogP contribution is 2.77. The van der Waals surface area contributed by atoms with Crippen LogP contribution in [0, 0.1) is 56.7 Å². The zero-order chi connectivity index (χ0) is 24.2. The Bertz CT molecular complexity index is 861. The minimum Gasteiger partial charge on any atom is -0.481 e. The number of aliphatic carboxylic acids is 1. The molecule has 186 valence electrons. The molecule has 5 aliphatic carbocycles. The Balaban J connectivity index is 1.57. The quantitative estimate of drug-likeness (QED) is 0.436. The molecule has 0 aromatic rings. The van der Waals surface area contributed by atoms with Gasteiger partial charge in [0.2, 0.25) is 0 Å². The summed E-state index contributed by atoms with van der Waals surface area (Å²) in [5.41, 5.74) is 1.35. The maximum atomic E-state index is 12.8. The highest BCUT2D eigenvalue weighted by molar-refractivity contribution is 5.76. The Labute approximate surface area is 201 Å². The summed E-state index contributed by atoms with van der Waals surface area (Å²) in [5, 5.41) is 21.4. The first-order valence-electron chi connectivity index (χ1n) is 13.8. The van der Waals surface area contributed by atoms with Crippen molar-refractivity contribution in [1.82, 2.24) is 0 Å². The first-order valence-corrected chi connectivity index (χ1v) is 13.8. The van der Waals surface area contributed by atoms with E-state index < -0.39 is 11.4 Å². The highest BCUT2D eigenvalue weighted by atomic mass is 16.4. The third-order valence-corrected chi connectivity index (χ3v) is 13.5. The molecule has 0 heterocycles. The van der Waals surface area contributed by atoms with Gasteiger partial charge in [0.05, 0.1) is 11.5 Å². The lowest BCUT2D eigenvalue weighted by atomic mass is 9.32. The third kappa shape index (κ3) is 2.75. The topological polar surface area (TPSA) is 57.5 Å². The summed E-state index contributed by atoms with van der Waals surface area (Å²) in [5.74, 6) is 1.79. The summed E-state index contributed by atoms with van der Waals surface area (Å²) in [7, 11) is 0. The Kier molecular flexibility index (Phi) is 5.15. The van der Waals surface area contributed by atoms with E-state index in [-0.39, 0.29) is 33.7 Å². The molecule has 5 saturated carbocycles. The van der Waals surface area contributed by atoms with E-state index in [2.05, 4.69) is 48.1 Å². The summed E-state index contributed by atoms with van der Waals surface area (Å²) >= 11 is 0. The summed E-state index contributed by atoms with van der Waals surface area (Å²) in [4.78, 5) is 12.8. The number of allylic oxidation sites excluding steroid dienone is 1. The standard InChI is InChI=1S/C30H48O3/c1-18(2)19-10-15-30(25(32)33)17-16-28(6)20(24(19)30)8-9-22-27(5)13-12-23(31)26(3,4)21(27)11-14-29(22,28)7/h19-24,31H,1,8-17H2,2-7H3,(H,32,33)/t19-,20+,21-,22+,23?,24+,27-,28+,29+,30-/m0/s1. The maximum absolute atomic E-state index is 12.8. The second-order valence-electron chi connectivity index (χ2n) is 14.5. The molecule has 33 heavy (non-hydrogen) atoms. The van der Waals surface area contributed by atoms with E-state index in [1.165, 1.54) is 31.3 Å². The van der Waals surface area contributed by atoms with E-state index in [0.717, 1.165) is 38.5 Å². The molecule has 0 amide bonds. The summed E-state index contributed by atoms with van der Waals surface area (Å²) in [6.45, 7) is 18.8. The smallest absolute Gasteiger partial charge is 0.309 e. The monoisotopic (exact) mass is 456 g/mol. The van der Waals surface area contributed by atoms with Crippen molar-refractivity contribution in [2.24, 2.45) is 56.7 Å². The van der Waals surface area contributed by atoms with Gasteiger partial charge in [-0.25, -0.2) is 0 Å². The van der Waals surface area contributed by atoms with Crippen LogP contribution in [0.15, 0.2) is 12.2 Å². The van der Waals surface area contributed by atoms with Gasteiger partial charge in [-0.2, -0.15) is 0 Å². The summed E-state index contributed by atoms with van der Waals surface area (Å²) in [6, 6.07) is 0. The largest absolute Gasteiger partial charge is 0.481 e. The van der Waals surface area contributed by atoms with Crippen molar-refractivity contribution in [2.45, 2.75) is 112 Å². The van der Waals surface area contributed by atoms with Gasteiger partial charge in [-0.1, -0.05) is 46.8 Å². The molecule has 5 rings (SSSR count). The van der Waals surface area contributed by atoms with Crippen LogP contribution in [-0.2, 0) is 4.79 Å². The molecule has 3 nitrogen and oxygen atoms in total. The van der Waals surface area contributed by atoms with E-state index >= 15 is 0 Å². The molecule has 10 atom stereocenters. The van der Waals surface area contributed by atoms with Crippen molar-refractivity contribution in [3.63, 3.8) is 0 Å². The van der Waals surface area contributed by atoms with Crippen LogP contribution in [0.1, 0.15) is 106 Å². The molecule has 1 unspecified atom stereocenters. The predicted octanol–water partition coefficient (Wildman–Crippen LogP) is 7.09. The fraction of sp³-hybridized carbons (Fsp3) is 0.900. The number of hydrogen-bond acceptors (Lipinski definition) is 2. The average molecular weight is 457 g/mol. The fourth-order valence-corrected chi connectivity index (χ4v) is 11.5. The first-order chi connectivity index (χ1) is 15.3. The molecule has 0 aliphatic heterocycles. The van der Waals surface area contributed by atoms with Crippen molar-refractivity contribution in [1.29, 1.82) is 0 Å². The molecule has 5 fully saturated rings. The van der Waals surface area contributed by atoms with E-state index in [1.54, 1.807) is 0 Å². The SMILES string of the molecule is C=C(C)[C@@H]1CC[C@]2(C(=O)O)CC[C@]3(C)[C@H](CC[C@@H]4[C@@]5(C)CCC(O)C(C)(C)[C@@H]5CC[C@]43C)[C@@H]12. The van der Waals surface area contributed by atoms with Crippen LogP contribution < -0.4 is 0 Å². The number of aliphatic hydroxyl groups is 1. The lowest BCUT2D eigenvalue weighted by molar-refractivity contribution is -0.248. The van der Waals surface area contributed by atoms with E-state index in [1.807, 2.05) is 0 Å². The number of carboxylic acids is 1. The molecule has 0 spiro atoms.